The number of carbonyl (C=O) groups excluding carboxylic acids is 1. The van der Waals surface area contributed by atoms with E-state index in [-0.39, 0.29) is 5.75 Å². The molecule has 0 atom stereocenters. The van der Waals surface area contributed by atoms with Gasteiger partial charge >= 0.3 is 6.18 Å². The first-order valence-corrected chi connectivity index (χ1v) is 6.59. The molecule has 0 aliphatic heterocycles. The van der Waals surface area contributed by atoms with Crippen LogP contribution in [0.25, 0.3) is 0 Å². The summed E-state index contributed by atoms with van der Waals surface area (Å²) in [5.41, 5.74) is -0.443. The molecule has 0 aliphatic carbocycles. The Balaban J connectivity index is 2.01. The van der Waals surface area contributed by atoms with Gasteiger partial charge in [-0.15, -0.1) is 0 Å². The van der Waals surface area contributed by atoms with Gasteiger partial charge in [-0.1, -0.05) is 35.9 Å². The zero-order valence-corrected chi connectivity index (χ0v) is 11.9. The van der Waals surface area contributed by atoms with E-state index in [0.29, 0.717) is 5.69 Å². The van der Waals surface area contributed by atoms with Crippen LogP contribution in [0.1, 0.15) is 5.56 Å². The maximum Gasteiger partial charge on any atom is 0.417 e. The second kappa shape index (κ2) is 6.70. The van der Waals surface area contributed by atoms with Gasteiger partial charge in [0.15, 0.2) is 6.61 Å². The number of anilines is 1. The highest BCUT2D eigenvalue weighted by molar-refractivity contribution is 6.32. The van der Waals surface area contributed by atoms with Crippen LogP contribution in [0.5, 0.6) is 5.75 Å². The van der Waals surface area contributed by atoms with E-state index in [9.17, 15) is 18.0 Å². The van der Waals surface area contributed by atoms with Crippen molar-refractivity contribution in [2.75, 3.05) is 11.9 Å². The molecule has 7 heteroatoms. The Morgan fingerprint density at radius 1 is 1.09 bits per heavy atom. The van der Waals surface area contributed by atoms with E-state index in [2.05, 4.69) is 5.32 Å². The van der Waals surface area contributed by atoms with Crippen molar-refractivity contribution in [3.63, 3.8) is 0 Å². The number of carbonyl (C=O) groups is 1. The lowest BCUT2D eigenvalue weighted by molar-refractivity contribution is -0.137. The second-order valence-electron chi connectivity index (χ2n) is 4.32. The number of alkyl halides is 3. The zero-order valence-electron chi connectivity index (χ0n) is 11.2. The molecule has 0 spiro atoms. The number of hydrogen-bond acceptors (Lipinski definition) is 2. The van der Waals surface area contributed by atoms with Crippen molar-refractivity contribution in [1.82, 2.24) is 0 Å². The SMILES string of the molecule is O=C(COc1cccc(C(F)(F)F)c1Cl)Nc1ccccc1. The monoisotopic (exact) mass is 329 g/mol. The van der Waals surface area contributed by atoms with Crippen LogP contribution in [0.2, 0.25) is 5.02 Å². The van der Waals surface area contributed by atoms with Gasteiger partial charge in [-0.25, -0.2) is 0 Å². The molecule has 1 N–H and O–H groups in total. The first kappa shape index (κ1) is 16.2. The molecule has 1 amide bonds. The quantitative estimate of drug-likeness (QED) is 0.904. The summed E-state index contributed by atoms with van der Waals surface area (Å²) in [6.45, 7) is -0.448. The minimum Gasteiger partial charge on any atom is -0.482 e. The molecule has 2 aromatic rings. The number of para-hydroxylation sites is 1. The highest BCUT2D eigenvalue weighted by Gasteiger charge is 2.34. The van der Waals surface area contributed by atoms with Crippen molar-refractivity contribution < 1.29 is 22.7 Å². The van der Waals surface area contributed by atoms with Gasteiger partial charge in [0.1, 0.15) is 5.75 Å². The topological polar surface area (TPSA) is 38.3 Å². The minimum absolute atomic E-state index is 0.195. The zero-order chi connectivity index (χ0) is 16.2. The van der Waals surface area contributed by atoms with Crippen LogP contribution in [0.4, 0.5) is 18.9 Å². The summed E-state index contributed by atoms with van der Waals surface area (Å²) in [6.07, 6.45) is -4.58. The summed E-state index contributed by atoms with van der Waals surface area (Å²) in [7, 11) is 0. The van der Waals surface area contributed by atoms with E-state index < -0.39 is 29.3 Å². The van der Waals surface area contributed by atoms with E-state index in [1.54, 1.807) is 30.3 Å². The molecule has 116 valence electrons. The summed E-state index contributed by atoms with van der Waals surface area (Å²) in [6, 6.07) is 11.9. The van der Waals surface area contributed by atoms with E-state index in [0.717, 1.165) is 6.07 Å². The molecule has 0 saturated carbocycles. The van der Waals surface area contributed by atoms with Crippen LogP contribution in [0, 0.1) is 0 Å². The summed E-state index contributed by atoms with van der Waals surface area (Å²) in [5, 5.41) is 1.98. The van der Waals surface area contributed by atoms with Gasteiger partial charge in [0, 0.05) is 5.69 Å². The molecule has 22 heavy (non-hydrogen) atoms. The van der Waals surface area contributed by atoms with Crippen LogP contribution >= 0.6 is 11.6 Å². The van der Waals surface area contributed by atoms with Crippen molar-refractivity contribution in [2.45, 2.75) is 6.18 Å². The molecule has 0 radical (unpaired) electrons. The van der Waals surface area contributed by atoms with Crippen molar-refractivity contribution in [2.24, 2.45) is 0 Å². The van der Waals surface area contributed by atoms with Crippen molar-refractivity contribution in [3.05, 3.63) is 59.1 Å². The maximum absolute atomic E-state index is 12.7. The van der Waals surface area contributed by atoms with Gasteiger partial charge in [-0.3, -0.25) is 4.79 Å². The van der Waals surface area contributed by atoms with Gasteiger partial charge in [-0.2, -0.15) is 13.2 Å². The van der Waals surface area contributed by atoms with Crippen molar-refractivity contribution >= 4 is 23.2 Å². The van der Waals surface area contributed by atoms with E-state index in [1.165, 1.54) is 12.1 Å². The fraction of sp³-hybridized carbons (Fsp3) is 0.133. The number of benzene rings is 2. The predicted molar refractivity (Wildman–Crippen MR) is 77.0 cm³/mol. The molecule has 3 nitrogen and oxygen atoms in total. The number of rotatable bonds is 4. The largest absolute Gasteiger partial charge is 0.482 e. The molecular formula is C15H11ClF3NO2. The molecule has 0 fully saturated rings. The third-order valence-corrected chi connectivity index (χ3v) is 3.07. The Hall–Kier alpha value is -2.21. The molecule has 2 rings (SSSR count). The van der Waals surface area contributed by atoms with Gasteiger partial charge in [0.25, 0.3) is 5.91 Å². The van der Waals surface area contributed by atoms with E-state index in [1.807, 2.05) is 0 Å². The third kappa shape index (κ3) is 4.14. The Labute approximate surface area is 129 Å². The Kier molecular flexibility index (Phi) is 4.92. The second-order valence-corrected chi connectivity index (χ2v) is 4.70. The number of hydrogen-bond donors (Lipinski definition) is 1. The number of amides is 1. The molecule has 0 saturated heterocycles. The van der Waals surface area contributed by atoms with Crippen LogP contribution in [-0.2, 0) is 11.0 Å². The number of nitrogens with one attached hydrogen (secondary N) is 1. The summed E-state index contributed by atoms with van der Waals surface area (Å²) in [4.78, 5) is 11.7. The average molecular weight is 330 g/mol. The van der Waals surface area contributed by atoms with Crippen molar-refractivity contribution in [3.8, 4) is 5.75 Å². The Morgan fingerprint density at radius 3 is 2.41 bits per heavy atom. The summed E-state index contributed by atoms with van der Waals surface area (Å²) >= 11 is 5.66. The smallest absolute Gasteiger partial charge is 0.417 e. The first-order chi connectivity index (χ1) is 10.4. The summed E-state index contributed by atoms with van der Waals surface area (Å²) in [5.74, 6) is -0.695. The Morgan fingerprint density at radius 2 is 1.77 bits per heavy atom. The normalized spacial score (nSPS) is 11.1. The third-order valence-electron chi connectivity index (χ3n) is 2.69. The lowest BCUT2D eigenvalue weighted by Crippen LogP contribution is -2.20. The Bertz CT molecular complexity index is 660. The van der Waals surface area contributed by atoms with E-state index >= 15 is 0 Å². The average Bonchev–Trinajstić information content (AvgIpc) is 2.46. The van der Waals surface area contributed by atoms with Gasteiger partial charge < -0.3 is 10.1 Å². The fourth-order valence-electron chi connectivity index (χ4n) is 1.70. The maximum atomic E-state index is 12.7. The standard InChI is InChI=1S/C15H11ClF3NO2/c16-14-11(15(17,18)19)7-4-8-12(14)22-9-13(21)20-10-5-2-1-3-6-10/h1-8H,9H2,(H,20,21). The van der Waals surface area contributed by atoms with Crippen LogP contribution in [0.3, 0.4) is 0 Å². The highest BCUT2D eigenvalue weighted by Crippen LogP contribution is 2.39. The highest BCUT2D eigenvalue weighted by atomic mass is 35.5. The fourth-order valence-corrected chi connectivity index (χ4v) is 1.99. The van der Waals surface area contributed by atoms with Crippen LogP contribution in [0.15, 0.2) is 48.5 Å². The molecule has 0 aromatic heterocycles. The summed E-state index contributed by atoms with van der Waals surface area (Å²) < 4.78 is 43.2. The van der Waals surface area contributed by atoms with Gasteiger partial charge in [-0.05, 0) is 24.3 Å². The number of halogens is 4. The first-order valence-electron chi connectivity index (χ1n) is 6.21. The molecule has 0 unspecified atom stereocenters. The molecule has 0 bridgehead atoms. The minimum atomic E-state index is -4.58. The van der Waals surface area contributed by atoms with Crippen LogP contribution < -0.4 is 10.1 Å². The molecule has 0 heterocycles. The van der Waals surface area contributed by atoms with Gasteiger partial charge in [0.05, 0.1) is 10.6 Å². The van der Waals surface area contributed by atoms with E-state index in [4.69, 9.17) is 16.3 Å². The van der Waals surface area contributed by atoms with Crippen LogP contribution in [-0.4, -0.2) is 12.5 Å². The number of ether oxygens (including phenoxy) is 1. The lowest BCUT2D eigenvalue weighted by Gasteiger charge is -2.13. The van der Waals surface area contributed by atoms with Crippen molar-refractivity contribution in [1.29, 1.82) is 0 Å². The molecule has 2 aromatic carbocycles. The van der Waals surface area contributed by atoms with Gasteiger partial charge in [0.2, 0.25) is 0 Å². The molecule has 0 aliphatic rings. The molecular weight excluding hydrogens is 319 g/mol. The predicted octanol–water partition coefficient (Wildman–Crippen LogP) is 4.38. The lowest BCUT2D eigenvalue weighted by atomic mass is 10.2.